The standard InChI is InChI=1S/C11H14BrNO3/c1-16-7-6-13(11(14)15)8-9-2-4-10(12)5-3-9/h2-5H,6-8H2,1H3,(H,14,15). The number of carbonyl (C=O) groups is 1. The molecule has 0 heterocycles. The van der Waals surface area contributed by atoms with Crippen molar-refractivity contribution in [2.24, 2.45) is 0 Å². The third-order valence-corrected chi connectivity index (χ3v) is 2.65. The second kappa shape index (κ2) is 6.50. The lowest BCUT2D eigenvalue weighted by Crippen LogP contribution is -2.31. The van der Waals surface area contributed by atoms with E-state index in [0.29, 0.717) is 19.7 Å². The van der Waals surface area contributed by atoms with E-state index in [9.17, 15) is 4.79 Å². The molecule has 1 rings (SSSR count). The van der Waals surface area contributed by atoms with Gasteiger partial charge in [0.25, 0.3) is 0 Å². The van der Waals surface area contributed by atoms with E-state index in [1.54, 1.807) is 7.11 Å². The Hall–Kier alpha value is -1.07. The zero-order valence-electron chi connectivity index (χ0n) is 9.02. The van der Waals surface area contributed by atoms with E-state index in [4.69, 9.17) is 9.84 Å². The van der Waals surface area contributed by atoms with Crippen molar-refractivity contribution in [3.63, 3.8) is 0 Å². The van der Waals surface area contributed by atoms with Gasteiger partial charge in [-0.1, -0.05) is 28.1 Å². The fraction of sp³-hybridized carbons (Fsp3) is 0.364. The van der Waals surface area contributed by atoms with Crippen molar-refractivity contribution in [1.29, 1.82) is 0 Å². The Morgan fingerprint density at radius 1 is 1.44 bits per heavy atom. The van der Waals surface area contributed by atoms with Crippen molar-refractivity contribution in [2.45, 2.75) is 6.54 Å². The molecular formula is C11H14BrNO3. The van der Waals surface area contributed by atoms with Crippen molar-refractivity contribution in [1.82, 2.24) is 4.90 Å². The summed E-state index contributed by atoms with van der Waals surface area (Å²) in [5, 5.41) is 8.98. The Labute approximate surface area is 103 Å². The van der Waals surface area contributed by atoms with E-state index in [0.717, 1.165) is 10.0 Å². The van der Waals surface area contributed by atoms with Gasteiger partial charge in [-0.05, 0) is 17.7 Å². The minimum atomic E-state index is -0.931. The quantitative estimate of drug-likeness (QED) is 0.906. The summed E-state index contributed by atoms with van der Waals surface area (Å²) >= 11 is 3.33. The molecule has 0 fully saturated rings. The molecule has 0 aliphatic rings. The van der Waals surface area contributed by atoms with E-state index in [1.807, 2.05) is 24.3 Å². The first-order valence-corrected chi connectivity index (χ1v) is 5.64. The molecule has 0 aliphatic heterocycles. The Morgan fingerprint density at radius 3 is 2.56 bits per heavy atom. The normalized spacial score (nSPS) is 10.1. The van der Waals surface area contributed by atoms with Crippen molar-refractivity contribution in [2.75, 3.05) is 20.3 Å². The lowest BCUT2D eigenvalue weighted by molar-refractivity contribution is 0.115. The number of hydrogen-bond acceptors (Lipinski definition) is 2. The lowest BCUT2D eigenvalue weighted by Gasteiger charge is -2.18. The summed E-state index contributed by atoms with van der Waals surface area (Å²) in [6.07, 6.45) is -0.931. The Bertz CT molecular complexity index is 340. The molecule has 1 aromatic carbocycles. The minimum Gasteiger partial charge on any atom is -0.465 e. The molecule has 4 nitrogen and oxygen atoms in total. The van der Waals surface area contributed by atoms with Gasteiger partial charge in [-0.3, -0.25) is 0 Å². The maximum absolute atomic E-state index is 10.9. The first kappa shape index (κ1) is 13.0. The number of carboxylic acid groups (broad SMARTS) is 1. The summed E-state index contributed by atoms with van der Waals surface area (Å²) in [7, 11) is 1.56. The molecule has 0 radical (unpaired) electrons. The molecule has 5 heteroatoms. The highest BCUT2D eigenvalue weighted by Crippen LogP contribution is 2.12. The van der Waals surface area contributed by atoms with E-state index < -0.39 is 6.09 Å². The number of hydrogen-bond donors (Lipinski definition) is 1. The number of ether oxygens (including phenoxy) is 1. The van der Waals surface area contributed by atoms with Crippen molar-refractivity contribution in [3.8, 4) is 0 Å². The van der Waals surface area contributed by atoms with Gasteiger partial charge in [0.2, 0.25) is 0 Å². The van der Waals surface area contributed by atoms with Gasteiger partial charge in [-0.15, -0.1) is 0 Å². The van der Waals surface area contributed by atoms with Crippen molar-refractivity contribution >= 4 is 22.0 Å². The molecule has 0 spiro atoms. The SMILES string of the molecule is COCCN(Cc1ccc(Br)cc1)C(=O)O. The predicted octanol–water partition coefficient (Wildman–Crippen LogP) is 2.58. The highest BCUT2D eigenvalue weighted by atomic mass is 79.9. The number of nitrogens with zero attached hydrogens (tertiary/aromatic N) is 1. The van der Waals surface area contributed by atoms with Gasteiger partial charge >= 0.3 is 6.09 Å². The van der Waals surface area contributed by atoms with Gasteiger partial charge < -0.3 is 14.7 Å². The van der Waals surface area contributed by atoms with Crippen LogP contribution in [0.2, 0.25) is 0 Å². The van der Waals surface area contributed by atoms with E-state index >= 15 is 0 Å². The molecule has 1 amide bonds. The number of rotatable bonds is 5. The number of amides is 1. The summed E-state index contributed by atoms with van der Waals surface area (Å²) in [5.74, 6) is 0. The van der Waals surface area contributed by atoms with Crippen LogP contribution in [0.4, 0.5) is 4.79 Å². The minimum absolute atomic E-state index is 0.377. The van der Waals surface area contributed by atoms with Crippen LogP contribution in [0.25, 0.3) is 0 Å². The molecular weight excluding hydrogens is 274 g/mol. The Morgan fingerprint density at radius 2 is 2.06 bits per heavy atom. The molecule has 1 N–H and O–H groups in total. The van der Waals surface area contributed by atoms with E-state index in [-0.39, 0.29) is 0 Å². The van der Waals surface area contributed by atoms with Gasteiger partial charge in [0.05, 0.1) is 6.61 Å². The maximum Gasteiger partial charge on any atom is 0.407 e. The van der Waals surface area contributed by atoms with Crippen LogP contribution in [0, 0.1) is 0 Å². The lowest BCUT2D eigenvalue weighted by atomic mass is 10.2. The summed E-state index contributed by atoms with van der Waals surface area (Å²) in [4.78, 5) is 12.3. The molecule has 16 heavy (non-hydrogen) atoms. The van der Waals surface area contributed by atoms with Crippen LogP contribution in [-0.2, 0) is 11.3 Å². The van der Waals surface area contributed by atoms with Crippen LogP contribution in [0.15, 0.2) is 28.7 Å². The van der Waals surface area contributed by atoms with Crippen LogP contribution in [0.5, 0.6) is 0 Å². The third kappa shape index (κ3) is 4.20. The second-order valence-corrected chi connectivity index (χ2v) is 4.24. The van der Waals surface area contributed by atoms with Gasteiger partial charge in [-0.2, -0.15) is 0 Å². The third-order valence-electron chi connectivity index (χ3n) is 2.12. The predicted molar refractivity (Wildman–Crippen MR) is 64.5 cm³/mol. The molecule has 0 atom stereocenters. The summed E-state index contributed by atoms with van der Waals surface area (Å²) in [5.41, 5.74) is 0.960. The topological polar surface area (TPSA) is 49.8 Å². The van der Waals surface area contributed by atoms with Crippen LogP contribution in [-0.4, -0.2) is 36.4 Å². The van der Waals surface area contributed by atoms with Gasteiger partial charge in [0, 0.05) is 24.7 Å². The molecule has 0 aromatic heterocycles. The van der Waals surface area contributed by atoms with Gasteiger partial charge in [-0.25, -0.2) is 4.79 Å². The fourth-order valence-corrected chi connectivity index (χ4v) is 1.52. The van der Waals surface area contributed by atoms with E-state index in [2.05, 4.69) is 15.9 Å². The smallest absolute Gasteiger partial charge is 0.407 e. The maximum atomic E-state index is 10.9. The summed E-state index contributed by atoms with van der Waals surface area (Å²) in [6, 6.07) is 7.58. The zero-order valence-corrected chi connectivity index (χ0v) is 10.6. The molecule has 0 unspecified atom stereocenters. The first-order chi connectivity index (χ1) is 7.63. The fourth-order valence-electron chi connectivity index (χ4n) is 1.25. The molecule has 0 aliphatic carbocycles. The highest BCUT2D eigenvalue weighted by molar-refractivity contribution is 9.10. The van der Waals surface area contributed by atoms with Crippen LogP contribution in [0.1, 0.15) is 5.56 Å². The Kier molecular flexibility index (Phi) is 5.28. The molecule has 1 aromatic rings. The summed E-state index contributed by atoms with van der Waals surface area (Å²) < 4.78 is 5.85. The number of halogens is 1. The second-order valence-electron chi connectivity index (χ2n) is 3.32. The van der Waals surface area contributed by atoms with Gasteiger partial charge in [0.1, 0.15) is 0 Å². The monoisotopic (exact) mass is 287 g/mol. The molecule has 0 bridgehead atoms. The largest absolute Gasteiger partial charge is 0.465 e. The summed E-state index contributed by atoms with van der Waals surface area (Å²) in [6.45, 7) is 1.16. The van der Waals surface area contributed by atoms with Crippen LogP contribution >= 0.6 is 15.9 Å². The van der Waals surface area contributed by atoms with E-state index in [1.165, 1.54) is 4.90 Å². The zero-order chi connectivity index (χ0) is 12.0. The highest BCUT2D eigenvalue weighted by Gasteiger charge is 2.11. The van der Waals surface area contributed by atoms with Gasteiger partial charge in [0.15, 0.2) is 0 Å². The number of benzene rings is 1. The first-order valence-electron chi connectivity index (χ1n) is 4.84. The average Bonchev–Trinajstić information content (AvgIpc) is 2.26. The average molecular weight is 288 g/mol. The number of methoxy groups -OCH3 is 1. The molecule has 0 saturated heterocycles. The molecule has 88 valence electrons. The Balaban J connectivity index is 2.60. The van der Waals surface area contributed by atoms with Crippen LogP contribution in [0.3, 0.4) is 0 Å². The van der Waals surface area contributed by atoms with Crippen LogP contribution < -0.4 is 0 Å². The van der Waals surface area contributed by atoms with Crippen molar-refractivity contribution < 1.29 is 14.6 Å². The molecule has 0 saturated carbocycles. The van der Waals surface area contributed by atoms with Crippen molar-refractivity contribution in [3.05, 3.63) is 34.3 Å².